The Morgan fingerprint density at radius 3 is 2.67 bits per heavy atom. The summed E-state index contributed by atoms with van der Waals surface area (Å²) in [7, 11) is 0. The molecule has 0 bridgehead atoms. The molecular formula is C11H9BrF3NO2. The second kappa shape index (κ2) is 4.55. The van der Waals surface area contributed by atoms with Crippen LogP contribution in [0, 0.1) is 5.82 Å². The first-order chi connectivity index (χ1) is 8.34. The lowest BCUT2D eigenvalue weighted by atomic mass is 10.0. The Morgan fingerprint density at radius 1 is 1.44 bits per heavy atom. The molecule has 98 valence electrons. The highest BCUT2D eigenvalue weighted by molar-refractivity contribution is 9.10. The molecule has 2 rings (SSSR count). The lowest BCUT2D eigenvalue weighted by Crippen LogP contribution is -2.38. The van der Waals surface area contributed by atoms with E-state index in [4.69, 9.17) is 0 Å². The van der Waals surface area contributed by atoms with Crippen molar-refractivity contribution >= 4 is 21.8 Å². The quantitative estimate of drug-likeness (QED) is 0.869. The molecule has 0 saturated carbocycles. The van der Waals surface area contributed by atoms with Crippen LogP contribution in [-0.4, -0.2) is 29.1 Å². The van der Waals surface area contributed by atoms with Crippen LogP contribution in [0.15, 0.2) is 22.7 Å². The van der Waals surface area contributed by atoms with E-state index in [2.05, 4.69) is 15.9 Å². The molecule has 2 N–H and O–H groups in total. The molecule has 1 aliphatic heterocycles. The van der Waals surface area contributed by atoms with Crippen molar-refractivity contribution in [1.29, 1.82) is 0 Å². The Labute approximate surface area is 109 Å². The number of amides is 1. The number of aliphatic hydroxyl groups excluding tert-OH is 1. The average molecular weight is 324 g/mol. The third-order valence-electron chi connectivity index (χ3n) is 2.84. The minimum absolute atomic E-state index is 0.145. The van der Waals surface area contributed by atoms with Crippen LogP contribution in [0.4, 0.5) is 13.2 Å². The van der Waals surface area contributed by atoms with Crippen molar-refractivity contribution in [3.8, 4) is 0 Å². The van der Waals surface area contributed by atoms with Crippen molar-refractivity contribution in [2.24, 2.45) is 0 Å². The summed E-state index contributed by atoms with van der Waals surface area (Å²) in [5.41, 5.74) is 0.145. The number of benzene rings is 1. The molecule has 1 amide bonds. The van der Waals surface area contributed by atoms with Gasteiger partial charge in [0.05, 0.1) is 10.5 Å². The van der Waals surface area contributed by atoms with Crippen molar-refractivity contribution in [2.75, 3.05) is 0 Å². The summed E-state index contributed by atoms with van der Waals surface area (Å²) in [5, 5.41) is 11.3. The molecule has 3 nitrogen and oxygen atoms in total. The molecule has 1 aromatic rings. The van der Waals surface area contributed by atoms with Crippen molar-refractivity contribution in [1.82, 2.24) is 5.32 Å². The zero-order chi connectivity index (χ0) is 13.5. The van der Waals surface area contributed by atoms with E-state index in [0.29, 0.717) is 0 Å². The van der Waals surface area contributed by atoms with Crippen LogP contribution >= 0.6 is 15.9 Å². The van der Waals surface area contributed by atoms with Gasteiger partial charge in [-0.25, -0.2) is 4.39 Å². The number of carbonyl (C=O) groups is 1. The normalized spacial score (nSPS) is 26.2. The Hall–Kier alpha value is -1.08. The summed E-state index contributed by atoms with van der Waals surface area (Å²) in [5.74, 6) is -5.95. The fourth-order valence-electron chi connectivity index (χ4n) is 1.84. The first-order valence-electron chi connectivity index (χ1n) is 5.13. The predicted octanol–water partition coefficient (Wildman–Crippen LogP) is 1.63. The van der Waals surface area contributed by atoms with E-state index in [1.165, 1.54) is 12.1 Å². The lowest BCUT2D eigenvalue weighted by Gasteiger charge is -2.16. The second-order valence-corrected chi connectivity index (χ2v) is 4.92. The minimum Gasteiger partial charge on any atom is -0.384 e. The summed E-state index contributed by atoms with van der Waals surface area (Å²) >= 11 is 2.97. The van der Waals surface area contributed by atoms with Gasteiger partial charge in [0.1, 0.15) is 11.9 Å². The molecule has 1 aromatic carbocycles. The van der Waals surface area contributed by atoms with E-state index in [1.54, 1.807) is 6.07 Å². The highest BCUT2D eigenvalue weighted by atomic mass is 79.9. The van der Waals surface area contributed by atoms with Gasteiger partial charge in [0, 0.05) is 0 Å². The smallest absolute Gasteiger partial charge is 0.351 e. The van der Waals surface area contributed by atoms with Crippen LogP contribution in [0.2, 0.25) is 0 Å². The summed E-state index contributed by atoms with van der Waals surface area (Å²) in [6.45, 7) is 0. The first-order valence-corrected chi connectivity index (χ1v) is 5.93. The minimum atomic E-state index is -3.83. The van der Waals surface area contributed by atoms with Gasteiger partial charge in [-0.15, -0.1) is 0 Å². The molecule has 1 fully saturated rings. The zero-order valence-corrected chi connectivity index (χ0v) is 10.5. The Kier molecular flexibility index (Phi) is 3.37. The van der Waals surface area contributed by atoms with Gasteiger partial charge in [0.25, 0.3) is 5.91 Å². The number of aliphatic hydroxyl groups is 1. The van der Waals surface area contributed by atoms with Crippen molar-refractivity contribution in [3.63, 3.8) is 0 Å². The molecule has 0 spiro atoms. The number of rotatable bonds is 2. The number of hydrogen-bond acceptors (Lipinski definition) is 2. The molecule has 2 atom stereocenters. The topological polar surface area (TPSA) is 49.3 Å². The van der Waals surface area contributed by atoms with E-state index in [0.717, 1.165) is 0 Å². The molecule has 0 aromatic heterocycles. The van der Waals surface area contributed by atoms with Crippen LogP contribution in [0.5, 0.6) is 0 Å². The second-order valence-electron chi connectivity index (χ2n) is 4.06. The van der Waals surface area contributed by atoms with Crippen LogP contribution in [0.25, 0.3) is 0 Å². The van der Waals surface area contributed by atoms with Gasteiger partial charge in [-0.1, -0.05) is 12.1 Å². The number of nitrogens with one attached hydrogen (secondary N) is 1. The van der Waals surface area contributed by atoms with E-state index in [1.807, 2.05) is 5.32 Å². The van der Waals surface area contributed by atoms with Crippen LogP contribution in [0.3, 0.4) is 0 Å². The van der Waals surface area contributed by atoms with Crippen LogP contribution in [-0.2, 0) is 11.2 Å². The van der Waals surface area contributed by atoms with E-state index in [9.17, 15) is 23.1 Å². The highest BCUT2D eigenvalue weighted by Gasteiger charge is 2.56. The largest absolute Gasteiger partial charge is 0.384 e. The van der Waals surface area contributed by atoms with Gasteiger partial charge in [-0.2, -0.15) is 8.78 Å². The van der Waals surface area contributed by atoms with Gasteiger partial charge in [-0.05, 0) is 34.0 Å². The SMILES string of the molecule is O=C1NC(Cc2cccc(Br)c2F)C(O)C1(F)F. The molecule has 2 unspecified atom stereocenters. The molecule has 0 aliphatic carbocycles. The van der Waals surface area contributed by atoms with Crippen molar-refractivity contribution in [3.05, 3.63) is 34.1 Å². The maximum atomic E-state index is 13.6. The Morgan fingerprint density at radius 2 is 2.11 bits per heavy atom. The van der Waals surface area contributed by atoms with Crippen LogP contribution in [0.1, 0.15) is 5.56 Å². The molecule has 1 aliphatic rings. The summed E-state index contributed by atoms with van der Waals surface area (Å²) in [4.78, 5) is 10.9. The third kappa shape index (κ3) is 2.12. The Balaban J connectivity index is 2.21. The van der Waals surface area contributed by atoms with Gasteiger partial charge in [-0.3, -0.25) is 4.79 Å². The molecule has 7 heteroatoms. The fraction of sp³-hybridized carbons (Fsp3) is 0.364. The predicted molar refractivity (Wildman–Crippen MR) is 60.7 cm³/mol. The Bertz CT molecular complexity index is 495. The number of halogens is 4. The lowest BCUT2D eigenvalue weighted by molar-refractivity contribution is -0.150. The maximum absolute atomic E-state index is 13.6. The van der Waals surface area contributed by atoms with E-state index < -0.39 is 29.8 Å². The molecule has 18 heavy (non-hydrogen) atoms. The molecule has 1 heterocycles. The number of hydrogen-bond donors (Lipinski definition) is 2. The first kappa shape index (κ1) is 13.4. The van der Waals surface area contributed by atoms with Crippen molar-refractivity contribution < 1.29 is 23.1 Å². The fourth-order valence-corrected chi connectivity index (χ4v) is 2.24. The summed E-state index contributed by atoms with van der Waals surface area (Å²) in [6, 6.07) is 3.23. The van der Waals surface area contributed by atoms with Gasteiger partial charge in [0.2, 0.25) is 0 Å². The van der Waals surface area contributed by atoms with E-state index >= 15 is 0 Å². The molecule has 0 radical (unpaired) electrons. The molecule has 1 saturated heterocycles. The monoisotopic (exact) mass is 323 g/mol. The number of carbonyl (C=O) groups excluding carboxylic acids is 1. The standard InChI is InChI=1S/C11H9BrF3NO2/c12-6-3-1-2-5(8(6)13)4-7-9(17)11(14,15)10(18)16-7/h1-3,7,9,17H,4H2,(H,16,18). The highest BCUT2D eigenvalue weighted by Crippen LogP contribution is 2.30. The average Bonchev–Trinajstić information content (AvgIpc) is 2.49. The number of alkyl halides is 2. The van der Waals surface area contributed by atoms with Gasteiger partial charge in [0.15, 0.2) is 0 Å². The van der Waals surface area contributed by atoms with Crippen LogP contribution < -0.4 is 5.32 Å². The molecular weight excluding hydrogens is 315 g/mol. The van der Waals surface area contributed by atoms with Gasteiger partial charge >= 0.3 is 5.92 Å². The van der Waals surface area contributed by atoms with Gasteiger partial charge < -0.3 is 10.4 Å². The third-order valence-corrected chi connectivity index (χ3v) is 3.46. The van der Waals surface area contributed by atoms with Crippen molar-refractivity contribution in [2.45, 2.75) is 24.5 Å². The maximum Gasteiger partial charge on any atom is 0.351 e. The summed E-state index contributed by atoms with van der Waals surface area (Å²) in [6.07, 6.45) is -2.35. The summed E-state index contributed by atoms with van der Waals surface area (Å²) < 4.78 is 40.0. The zero-order valence-electron chi connectivity index (χ0n) is 8.96. The van der Waals surface area contributed by atoms with E-state index in [-0.39, 0.29) is 16.5 Å².